The molecule has 0 spiro atoms. The van der Waals surface area contributed by atoms with Crippen molar-refractivity contribution in [2.24, 2.45) is 17.3 Å². The summed E-state index contributed by atoms with van der Waals surface area (Å²) in [7, 11) is -3.55. The van der Waals surface area contributed by atoms with Gasteiger partial charge in [-0.1, -0.05) is 59.8 Å². The summed E-state index contributed by atoms with van der Waals surface area (Å²) in [4.78, 5) is 68.9. The minimum absolute atomic E-state index is 0.0130. The second-order valence-electron chi connectivity index (χ2n) is 16.5. The first-order valence-corrected chi connectivity index (χ1v) is 19.2. The van der Waals surface area contributed by atoms with Gasteiger partial charge in [0, 0.05) is 12.6 Å². The molecule has 4 fully saturated rings. The fourth-order valence-electron chi connectivity index (χ4n) is 6.94. The van der Waals surface area contributed by atoms with Crippen molar-refractivity contribution in [1.29, 1.82) is 0 Å². The molecule has 1 aliphatic heterocycles. The molecule has 4 rings (SSSR count). The maximum absolute atomic E-state index is 14.2. The number of ketones is 1. The van der Waals surface area contributed by atoms with E-state index >= 15 is 0 Å². The van der Waals surface area contributed by atoms with Gasteiger partial charge in [-0.25, -0.2) is 13.2 Å². The Morgan fingerprint density at radius 1 is 0.936 bits per heavy atom. The van der Waals surface area contributed by atoms with Crippen LogP contribution in [0.5, 0.6) is 0 Å². The number of sulfone groups is 1. The third-order valence-corrected chi connectivity index (χ3v) is 13.1. The van der Waals surface area contributed by atoms with Gasteiger partial charge in [0.25, 0.3) is 5.91 Å². The maximum atomic E-state index is 14.2. The molecule has 4 aliphatic rings. The lowest BCUT2D eigenvalue weighted by Crippen LogP contribution is -2.64. The van der Waals surface area contributed by atoms with Gasteiger partial charge in [-0.3, -0.25) is 19.2 Å². The SMILES string of the molecule is CCCCC(NC(=O)C1C2CC2CN1C(=O)C(NC(=O)NC1(CS(=O)(=O)C(C)(C)C)CCCCC1)C(C)(C)C)C(=O)C(=O)NC1CC1. The Balaban J connectivity index is 1.49. The van der Waals surface area contributed by atoms with Gasteiger partial charge in [-0.15, -0.1) is 0 Å². The van der Waals surface area contributed by atoms with E-state index in [9.17, 15) is 32.4 Å². The average Bonchev–Trinajstić information content (AvgIpc) is 3.90. The van der Waals surface area contributed by atoms with Gasteiger partial charge >= 0.3 is 6.03 Å². The molecule has 0 bridgehead atoms. The van der Waals surface area contributed by atoms with Gasteiger partial charge in [-0.2, -0.15) is 0 Å². The summed E-state index contributed by atoms with van der Waals surface area (Å²) in [6, 6.07) is -3.39. The fourth-order valence-corrected chi connectivity index (χ4v) is 8.46. The van der Waals surface area contributed by atoms with E-state index in [2.05, 4.69) is 21.3 Å². The van der Waals surface area contributed by atoms with Crippen LogP contribution in [0.25, 0.3) is 0 Å². The summed E-state index contributed by atoms with van der Waals surface area (Å²) in [5.74, 6) is -2.29. The molecular weight excluding hydrogens is 622 g/mol. The van der Waals surface area contributed by atoms with Crippen molar-refractivity contribution < 1.29 is 32.4 Å². The van der Waals surface area contributed by atoms with Crippen LogP contribution in [0.3, 0.4) is 0 Å². The summed E-state index contributed by atoms with van der Waals surface area (Å²) in [5.41, 5.74) is -1.68. The monoisotopic (exact) mass is 679 g/mol. The number of amides is 5. The topological polar surface area (TPSA) is 171 Å². The lowest BCUT2D eigenvalue weighted by molar-refractivity contribution is -0.144. The van der Waals surface area contributed by atoms with Gasteiger partial charge in [0.2, 0.25) is 17.6 Å². The van der Waals surface area contributed by atoms with Crippen LogP contribution in [-0.2, 0) is 29.0 Å². The van der Waals surface area contributed by atoms with Crippen molar-refractivity contribution >= 4 is 39.4 Å². The summed E-state index contributed by atoms with van der Waals surface area (Å²) < 4.78 is 25.5. The number of likely N-dealkylation sites (tertiary alicyclic amines) is 1. The number of hydrogen-bond donors (Lipinski definition) is 4. The van der Waals surface area contributed by atoms with Crippen molar-refractivity contribution in [1.82, 2.24) is 26.2 Å². The Morgan fingerprint density at radius 3 is 2.13 bits per heavy atom. The molecule has 1 heterocycles. The number of carbonyl (C=O) groups is 5. The molecular formula is C34H57N5O7S. The standard InChI is InChI=1S/C34H57N5O7S/c1-8-9-13-24(26(40)29(42)35-22-14-15-22)36-28(41)25-23-18-21(23)19-39(25)30(43)27(32(2,3)4)37-31(44)38-34(16-11-10-12-17-34)20-47(45,46)33(5,6)7/h21-25,27H,8-20H2,1-7H3,(H,35,42)(H,36,41)(H2,37,38,44). The zero-order valence-corrected chi connectivity index (χ0v) is 30.2. The third kappa shape index (κ3) is 9.06. The summed E-state index contributed by atoms with van der Waals surface area (Å²) >= 11 is 0. The van der Waals surface area contributed by atoms with Gasteiger partial charge < -0.3 is 26.2 Å². The van der Waals surface area contributed by atoms with E-state index in [1.165, 1.54) is 4.90 Å². The number of piperidine rings is 1. The zero-order chi connectivity index (χ0) is 34.9. The molecule has 1 saturated heterocycles. The molecule has 13 heteroatoms. The summed E-state index contributed by atoms with van der Waals surface area (Å²) in [6.45, 7) is 12.8. The first kappa shape index (κ1) is 37.1. The number of Topliss-reactive ketones (excluding diaryl/α,β-unsaturated/α-hetero) is 1. The van der Waals surface area contributed by atoms with E-state index in [0.29, 0.717) is 32.2 Å². The quantitative estimate of drug-likeness (QED) is 0.217. The molecule has 0 radical (unpaired) electrons. The lowest BCUT2D eigenvalue weighted by atomic mass is 9.83. The highest BCUT2D eigenvalue weighted by atomic mass is 32.2. The molecule has 0 aromatic carbocycles. The molecule has 3 aliphatic carbocycles. The van der Waals surface area contributed by atoms with Gasteiger partial charge in [-0.05, 0) is 76.5 Å². The normalized spacial score (nSPS) is 25.2. The Labute approximate surface area is 280 Å². The number of urea groups is 1. The highest BCUT2D eigenvalue weighted by molar-refractivity contribution is 7.92. The van der Waals surface area contributed by atoms with Crippen LogP contribution in [0.2, 0.25) is 0 Å². The molecule has 3 saturated carbocycles. The van der Waals surface area contributed by atoms with E-state index in [4.69, 9.17) is 0 Å². The van der Waals surface area contributed by atoms with Gasteiger partial charge in [0.1, 0.15) is 12.1 Å². The van der Waals surface area contributed by atoms with Gasteiger partial charge in [0.05, 0.1) is 22.1 Å². The number of hydrogen-bond acceptors (Lipinski definition) is 7. The highest BCUT2D eigenvalue weighted by Gasteiger charge is 2.58. The number of rotatable bonds is 13. The van der Waals surface area contributed by atoms with Crippen molar-refractivity contribution in [3.05, 3.63) is 0 Å². The van der Waals surface area contributed by atoms with Crippen LogP contribution in [-0.4, -0.2) is 89.6 Å². The second-order valence-corrected chi connectivity index (χ2v) is 19.3. The molecule has 0 aromatic rings. The Kier molecular flexibility index (Phi) is 11.1. The minimum Gasteiger partial charge on any atom is -0.347 e. The van der Waals surface area contributed by atoms with Crippen LogP contribution >= 0.6 is 0 Å². The molecule has 5 amide bonds. The first-order valence-electron chi connectivity index (χ1n) is 17.5. The number of unbranched alkanes of at least 4 members (excludes halogenated alkanes) is 1. The summed E-state index contributed by atoms with van der Waals surface area (Å²) in [6.07, 6.45) is 7.82. The molecule has 12 nitrogen and oxygen atoms in total. The average molecular weight is 680 g/mol. The maximum Gasteiger partial charge on any atom is 0.315 e. The zero-order valence-electron chi connectivity index (χ0n) is 29.4. The molecule has 5 unspecified atom stereocenters. The smallest absolute Gasteiger partial charge is 0.315 e. The number of nitrogens with zero attached hydrogens (tertiary/aromatic N) is 1. The predicted octanol–water partition coefficient (Wildman–Crippen LogP) is 2.99. The van der Waals surface area contributed by atoms with Gasteiger partial charge in [0.15, 0.2) is 9.84 Å². The van der Waals surface area contributed by atoms with Crippen molar-refractivity contribution in [2.45, 2.75) is 154 Å². The Hall–Kier alpha value is -2.70. The van der Waals surface area contributed by atoms with Crippen molar-refractivity contribution in [3.63, 3.8) is 0 Å². The fraction of sp³-hybridized carbons (Fsp3) is 0.853. The largest absolute Gasteiger partial charge is 0.347 e. The van der Waals surface area contributed by atoms with E-state index < -0.39 is 73.2 Å². The van der Waals surface area contributed by atoms with E-state index in [0.717, 1.165) is 44.9 Å². The summed E-state index contributed by atoms with van der Waals surface area (Å²) in [5, 5.41) is 11.4. The Bertz CT molecular complexity index is 1320. The Morgan fingerprint density at radius 2 is 1.57 bits per heavy atom. The molecule has 4 N–H and O–H groups in total. The first-order chi connectivity index (χ1) is 21.8. The van der Waals surface area contributed by atoms with Crippen LogP contribution in [0.1, 0.15) is 119 Å². The van der Waals surface area contributed by atoms with Crippen LogP contribution in [0.4, 0.5) is 4.79 Å². The van der Waals surface area contributed by atoms with Crippen LogP contribution in [0, 0.1) is 17.3 Å². The third-order valence-electron chi connectivity index (χ3n) is 10.3. The lowest BCUT2D eigenvalue weighted by Gasteiger charge is -2.41. The van der Waals surface area contributed by atoms with Crippen molar-refractivity contribution in [3.8, 4) is 0 Å². The molecule has 0 aromatic heterocycles. The van der Waals surface area contributed by atoms with Crippen LogP contribution < -0.4 is 21.3 Å². The van der Waals surface area contributed by atoms with Crippen molar-refractivity contribution in [2.75, 3.05) is 12.3 Å². The highest BCUT2D eigenvalue weighted by Crippen LogP contribution is 2.50. The van der Waals surface area contributed by atoms with Crippen LogP contribution in [0.15, 0.2) is 0 Å². The molecule has 47 heavy (non-hydrogen) atoms. The number of nitrogens with one attached hydrogen (secondary N) is 4. The van der Waals surface area contributed by atoms with E-state index in [-0.39, 0.29) is 23.6 Å². The van der Waals surface area contributed by atoms with E-state index in [1.807, 2.05) is 27.7 Å². The molecule has 5 atom stereocenters. The van der Waals surface area contributed by atoms with E-state index in [1.54, 1.807) is 20.8 Å². The minimum atomic E-state index is -3.55. The number of carbonyl (C=O) groups excluding carboxylic acids is 5. The second kappa shape index (κ2) is 14.0. The molecule has 266 valence electrons. The predicted molar refractivity (Wildman–Crippen MR) is 179 cm³/mol. The number of fused-ring (bicyclic) bond motifs is 1.